The molecule has 18 heavy (non-hydrogen) atoms. The van der Waals surface area contributed by atoms with E-state index < -0.39 is 0 Å². The Bertz CT molecular complexity index is 337. The van der Waals surface area contributed by atoms with Crippen LogP contribution in [0.25, 0.3) is 0 Å². The van der Waals surface area contributed by atoms with Crippen molar-refractivity contribution in [1.82, 2.24) is 0 Å². The fourth-order valence-electron chi connectivity index (χ4n) is 1.58. The van der Waals surface area contributed by atoms with Gasteiger partial charge in [-0.3, -0.25) is 0 Å². The molecule has 0 heterocycles. The molecule has 0 saturated heterocycles. The molecule has 0 unspecified atom stereocenters. The fourth-order valence-corrected chi connectivity index (χ4v) is 1.58. The molecule has 0 saturated carbocycles. The number of ether oxygens (including phenoxy) is 1. The summed E-state index contributed by atoms with van der Waals surface area (Å²) in [5, 5.41) is 3.38. The number of benzene rings is 1. The summed E-state index contributed by atoms with van der Waals surface area (Å²) >= 11 is 0. The summed E-state index contributed by atoms with van der Waals surface area (Å²) in [5.41, 5.74) is 2.36. The molecule has 0 aliphatic heterocycles. The average molecular weight is 250 g/mol. The first-order chi connectivity index (χ1) is 8.59. The molecule has 3 nitrogen and oxygen atoms in total. The van der Waals surface area contributed by atoms with Gasteiger partial charge < -0.3 is 15.0 Å². The summed E-state index contributed by atoms with van der Waals surface area (Å²) in [6.45, 7) is 6.91. The smallest absolute Gasteiger partial charge is 0.0639 e. The Kier molecular flexibility index (Phi) is 6.58. The van der Waals surface area contributed by atoms with Crippen molar-refractivity contribution in [2.75, 3.05) is 44.1 Å². The monoisotopic (exact) mass is 250 g/mol. The lowest BCUT2D eigenvalue weighted by Gasteiger charge is -2.14. The SMILES string of the molecule is CC(C)CCOCCNc1cccc(N(C)C)c1. The van der Waals surface area contributed by atoms with Crippen LogP contribution in [0.2, 0.25) is 0 Å². The first-order valence-electron chi connectivity index (χ1n) is 6.68. The van der Waals surface area contributed by atoms with Crippen LogP contribution in [-0.2, 0) is 4.74 Å². The summed E-state index contributed by atoms with van der Waals surface area (Å²) in [7, 11) is 4.10. The van der Waals surface area contributed by atoms with E-state index in [9.17, 15) is 0 Å². The summed E-state index contributed by atoms with van der Waals surface area (Å²) in [6, 6.07) is 8.40. The second-order valence-corrected chi connectivity index (χ2v) is 5.17. The maximum atomic E-state index is 5.57. The number of nitrogens with zero attached hydrogens (tertiary/aromatic N) is 1. The molecule has 0 bridgehead atoms. The van der Waals surface area contributed by atoms with Gasteiger partial charge in [0.2, 0.25) is 0 Å². The van der Waals surface area contributed by atoms with Crippen molar-refractivity contribution in [3.8, 4) is 0 Å². The highest BCUT2D eigenvalue weighted by Crippen LogP contribution is 2.16. The molecule has 0 fully saturated rings. The predicted molar refractivity (Wildman–Crippen MR) is 79.5 cm³/mol. The molecule has 0 spiro atoms. The van der Waals surface area contributed by atoms with Gasteiger partial charge in [-0.25, -0.2) is 0 Å². The number of nitrogens with one attached hydrogen (secondary N) is 1. The van der Waals surface area contributed by atoms with E-state index in [0.29, 0.717) is 0 Å². The number of rotatable bonds is 8. The lowest BCUT2D eigenvalue weighted by Crippen LogP contribution is -2.12. The zero-order valence-electron chi connectivity index (χ0n) is 12.1. The van der Waals surface area contributed by atoms with Gasteiger partial charge in [0, 0.05) is 38.6 Å². The van der Waals surface area contributed by atoms with Crippen LogP contribution in [0.3, 0.4) is 0 Å². The summed E-state index contributed by atoms with van der Waals surface area (Å²) in [5.74, 6) is 0.717. The Hall–Kier alpha value is -1.22. The maximum Gasteiger partial charge on any atom is 0.0639 e. The standard InChI is InChI=1S/C15H26N2O/c1-13(2)8-10-18-11-9-16-14-6-5-7-15(12-14)17(3)4/h5-7,12-13,16H,8-11H2,1-4H3. The number of hydrogen-bond donors (Lipinski definition) is 1. The lowest BCUT2D eigenvalue weighted by molar-refractivity contribution is 0.132. The molecule has 3 heteroatoms. The Morgan fingerprint density at radius 3 is 2.67 bits per heavy atom. The Labute approximate surface area is 111 Å². The molecular weight excluding hydrogens is 224 g/mol. The molecule has 1 N–H and O–H groups in total. The number of hydrogen-bond acceptors (Lipinski definition) is 3. The van der Waals surface area contributed by atoms with Gasteiger partial charge in [-0.2, -0.15) is 0 Å². The van der Waals surface area contributed by atoms with Crippen LogP contribution in [-0.4, -0.2) is 33.9 Å². The van der Waals surface area contributed by atoms with Crippen molar-refractivity contribution < 1.29 is 4.74 Å². The highest BCUT2D eigenvalue weighted by molar-refractivity contribution is 5.57. The molecular formula is C15H26N2O. The van der Waals surface area contributed by atoms with Gasteiger partial charge in [0.25, 0.3) is 0 Å². The van der Waals surface area contributed by atoms with Crippen LogP contribution < -0.4 is 10.2 Å². The van der Waals surface area contributed by atoms with E-state index in [1.807, 2.05) is 14.1 Å². The predicted octanol–water partition coefficient (Wildman–Crippen LogP) is 3.23. The van der Waals surface area contributed by atoms with Crippen molar-refractivity contribution >= 4 is 11.4 Å². The third kappa shape index (κ3) is 5.92. The molecule has 0 aliphatic rings. The Balaban J connectivity index is 2.21. The van der Waals surface area contributed by atoms with Crippen LogP contribution in [0, 0.1) is 5.92 Å². The Morgan fingerprint density at radius 1 is 1.22 bits per heavy atom. The molecule has 0 aliphatic carbocycles. The van der Waals surface area contributed by atoms with Crippen molar-refractivity contribution in [3.05, 3.63) is 24.3 Å². The van der Waals surface area contributed by atoms with Crippen molar-refractivity contribution in [2.24, 2.45) is 5.92 Å². The molecule has 0 radical (unpaired) electrons. The van der Waals surface area contributed by atoms with Crippen molar-refractivity contribution in [2.45, 2.75) is 20.3 Å². The van der Waals surface area contributed by atoms with E-state index >= 15 is 0 Å². The topological polar surface area (TPSA) is 24.5 Å². The van der Waals surface area contributed by atoms with E-state index in [-0.39, 0.29) is 0 Å². The van der Waals surface area contributed by atoms with Crippen molar-refractivity contribution in [1.29, 1.82) is 0 Å². The zero-order valence-corrected chi connectivity index (χ0v) is 12.1. The van der Waals surface area contributed by atoms with E-state index in [0.717, 1.165) is 37.8 Å². The van der Waals surface area contributed by atoms with Crippen molar-refractivity contribution in [3.63, 3.8) is 0 Å². The maximum absolute atomic E-state index is 5.57. The molecule has 0 atom stereocenters. The van der Waals surface area contributed by atoms with E-state index in [4.69, 9.17) is 4.74 Å². The van der Waals surface area contributed by atoms with Gasteiger partial charge in [-0.1, -0.05) is 19.9 Å². The highest BCUT2D eigenvalue weighted by Gasteiger charge is 1.97. The highest BCUT2D eigenvalue weighted by atomic mass is 16.5. The minimum Gasteiger partial charge on any atom is -0.383 e. The van der Waals surface area contributed by atoms with E-state index in [1.165, 1.54) is 5.69 Å². The fraction of sp³-hybridized carbons (Fsp3) is 0.600. The van der Waals surface area contributed by atoms with Crippen LogP contribution in [0.1, 0.15) is 20.3 Å². The van der Waals surface area contributed by atoms with Crippen LogP contribution in [0.4, 0.5) is 11.4 Å². The van der Waals surface area contributed by atoms with Gasteiger partial charge in [-0.15, -0.1) is 0 Å². The summed E-state index contributed by atoms with van der Waals surface area (Å²) in [4.78, 5) is 2.10. The van der Waals surface area contributed by atoms with E-state index in [1.54, 1.807) is 0 Å². The van der Waals surface area contributed by atoms with Crippen LogP contribution in [0.15, 0.2) is 24.3 Å². The zero-order chi connectivity index (χ0) is 13.4. The first-order valence-corrected chi connectivity index (χ1v) is 6.68. The minimum atomic E-state index is 0.717. The Morgan fingerprint density at radius 2 is 2.00 bits per heavy atom. The molecule has 1 aromatic rings. The molecule has 1 rings (SSSR count). The quantitative estimate of drug-likeness (QED) is 0.717. The lowest BCUT2D eigenvalue weighted by atomic mass is 10.1. The minimum absolute atomic E-state index is 0.717. The second kappa shape index (κ2) is 7.98. The normalized spacial score (nSPS) is 10.7. The van der Waals surface area contributed by atoms with Gasteiger partial charge in [0.1, 0.15) is 0 Å². The van der Waals surface area contributed by atoms with Gasteiger partial charge >= 0.3 is 0 Å². The first kappa shape index (κ1) is 14.8. The largest absolute Gasteiger partial charge is 0.383 e. The van der Waals surface area contributed by atoms with Gasteiger partial charge in [0.05, 0.1) is 6.61 Å². The van der Waals surface area contributed by atoms with E-state index in [2.05, 4.69) is 48.3 Å². The summed E-state index contributed by atoms with van der Waals surface area (Å²) < 4.78 is 5.57. The third-order valence-corrected chi connectivity index (χ3v) is 2.78. The van der Waals surface area contributed by atoms with Crippen LogP contribution in [0.5, 0.6) is 0 Å². The third-order valence-electron chi connectivity index (χ3n) is 2.78. The van der Waals surface area contributed by atoms with Gasteiger partial charge in [-0.05, 0) is 30.5 Å². The second-order valence-electron chi connectivity index (χ2n) is 5.17. The molecule has 102 valence electrons. The molecule has 0 aromatic heterocycles. The number of anilines is 2. The average Bonchev–Trinajstić information content (AvgIpc) is 2.33. The summed E-state index contributed by atoms with van der Waals surface area (Å²) in [6.07, 6.45) is 1.14. The van der Waals surface area contributed by atoms with Gasteiger partial charge in [0.15, 0.2) is 0 Å². The molecule has 1 aromatic carbocycles. The van der Waals surface area contributed by atoms with Crippen LogP contribution >= 0.6 is 0 Å². The molecule has 0 amide bonds.